The highest BCUT2D eigenvalue weighted by Gasteiger charge is 2.22. The highest BCUT2D eigenvalue weighted by atomic mass is 79.9. The minimum atomic E-state index is 0.276. The van der Waals surface area contributed by atoms with Gasteiger partial charge in [-0.3, -0.25) is 0 Å². The number of para-hydroxylation sites is 1. The molecule has 2 rings (SSSR count). The average Bonchev–Trinajstić information content (AvgIpc) is 2.51. The van der Waals surface area contributed by atoms with Crippen molar-refractivity contribution in [3.8, 4) is 0 Å². The maximum atomic E-state index is 6.14. The zero-order chi connectivity index (χ0) is 10.1. The van der Waals surface area contributed by atoms with E-state index in [9.17, 15) is 0 Å². The van der Waals surface area contributed by atoms with E-state index in [1.807, 2.05) is 18.2 Å². The lowest BCUT2D eigenvalue weighted by atomic mass is 10.3. The van der Waals surface area contributed by atoms with Crippen molar-refractivity contribution < 1.29 is 0 Å². The van der Waals surface area contributed by atoms with Gasteiger partial charge in [-0.25, -0.2) is 0 Å². The second-order valence-electron chi connectivity index (χ2n) is 3.57. The van der Waals surface area contributed by atoms with Gasteiger partial charge in [0.2, 0.25) is 0 Å². The van der Waals surface area contributed by atoms with Crippen LogP contribution in [0.2, 0.25) is 5.02 Å². The smallest absolute Gasteiger partial charge is 0.0700 e. The van der Waals surface area contributed by atoms with Gasteiger partial charge in [0.05, 0.1) is 10.7 Å². The van der Waals surface area contributed by atoms with E-state index >= 15 is 0 Å². The molecule has 1 saturated heterocycles. The molecule has 1 aliphatic heterocycles. The standard InChI is InChI=1S/C10H12BrClN2/c11-8-2-1-3-9(12)10(8)14-5-4-7(13)6-14/h1-3,7H,4-6,13H2. The molecule has 1 heterocycles. The fraction of sp³-hybridized carbons (Fsp3) is 0.400. The topological polar surface area (TPSA) is 29.3 Å². The number of nitrogens with two attached hydrogens (primary N) is 1. The van der Waals surface area contributed by atoms with Crippen molar-refractivity contribution in [1.82, 2.24) is 0 Å². The van der Waals surface area contributed by atoms with Crippen LogP contribution in [0.1, 0.15) is 6.42 Å². The van der Waals surface area contributed by atoms with E-state index in [-0.39, 0.29) is 6.04 Å². The van der Waals surface area contributed by atoms with Gasteiger partial charge in [-0.15, -0.1) is 0 Å². The average molecular weight is 276 g/mol. The zero-order valence-corrected chi connectivity index (χ0v) is 10.1. The van der Waals surface area contributed by atoms with Crippen LogP contribution in [0.3, 0.4) is 0 Å². The molecule has 0 amide bonds. The van der Waals surface area contributed by atoms with Crippen LogP contribution in [0.4, 0.5) is 5.69 Å². The molecule has 0 aliphatic carbocycles. The summed E-state index contributed by atoms with van der Waals surface area (Å²) in [6.07, 6.45) is 1.04. The third-order valence-corrected chi connectivity index (χ3v) is 3.42. The first kappa shape index (κ1) is 10.3. The van der Waals surface area contributed by atoms with E-state index in [0.717, 1.165) is 34.7 Å². The maximum Gasteiger partial charge on any atom is 0.0700 e. The predicted molar refractivity (Wildman–Crippen MR) is 64.0 cm³/mol. The van der Waals surface area contributed by atoms with E-state index in [1.54, 1.807) is 0 Å². The molecule has 14 heavy (non-hydrogen) atoms. The van der Waals surface area contributed by atoms with Crippen molar-refractivity contribution in [3.63, 3.8) is 0 Å². The van der Waals surface area contributed by atoms with Crippen molar-refractivity contribution in [2.24, 2.45) is 5.73 Å². The molecule has 2 nitrogen and oxygen atoms in total. The second-order valence-corrected chi connectivity index (χ2v) is 4.83. The van der Waals surface area contributed by atoms with E-state index < -0.39 is 0 Å². The number of benzene rings is 1. The SMILES string of the molecule is NC1CCN(c2c(Cl)cccc2Br)C1. The molecule has 1 fully saturated rings. The van der Waals surface area contributed by atoms with Gasteiger partial charge in [-0.1, -0.05) is 17.7 Å². The predicted octanol–water partition coefficient (Wildman–Crippen LogP) is 2.64. The molecule has 1 aromatic carbocycles. The lowest BCUT2D eigenvalue weighted by molar-refractivity contribution is 0.752. The van der Waals surface area contributed by atoms with Gasteiger partial charge in [-0.05, 0) is 34.5 Å². The highest BCUT2D eigenvalue weighted by Crippen LogP contribution is 2.35. The van der Waals surface area contributed by atoms with Gasteiger partial charge >= 0.3 is 0 Å². The molecule has 0 bridgehead atoms. The van der Waals surface area contributed by atoms with Gasteiger partial charge in [0, 0.05) is 23.6 Å². The molecule has 0 radical (unpaired) electrons. The molecule has 1 aromatic rings. The van der Waals surface area contributed by atoms with Crippen molar-refractivity contribution in [3.05, 3.63) is 27.7 Å². The van der Waals surface area contributed by atoms with E-state index in [1.165, 1.54) is 0 Å². The number of halogens is 2. The summed E-state index contributed by atoms with van der Waals surface area (Å²) in [6, 6.07) is 6.13. The Balaban J connectivity index is 2.31. The molecule has 1 unspecified atom stereocenters. The van der Waals surface area contributed by atoms with E-state index in [4.69, 9.17) is 17.3 Å². The Labute approximate surface area is 97.2 Å². The van der Waals surface area contributed by atoms with Crippen molar-refractivity contribution >= 4 is 33.2 Å². The van der Waals surface area contributed by atoms with E-state index in [2.05, 4.69) is 20.8 Å². The molecule has 0 saturated carbocycles. The molecule has 0 aromatic heterocycles. The summed E-state index contributed by atoms with van der Waals surface area (Å²) in [5.41, 5.74) is 6.93. The van der Waals surface area contributed by atoms with Crippen molar-refractivity contribution in [2.45, 2.75) is 12.5 Å². The maximum absolute atomic E-state index is 6.14. The summed E-state index contributed by atoms with van der Waals surface area (Å²) in [5, 5.41) is 0.786. The molecule has 76 valence electrons. The van der Waals surface area contributed by atoms with Gasteiger partial charge < -0.3 is 10.6 Å². The Morgan fingerprint density at radius 2 is 2.29 bits per heavy atom. The largest absolute Gasteiger partial charge is 0.368 e. The fourth-order valence-electron chi connectivity index (χ4n) is 1.78. The van der Waals surface area contributed by atoms with Gasteiger partial charge in [0.1, 0.15) is 0 Å². The van der Waals surface area contributed by atoms with Crippen LogP contribution in [0, 0.1) is 0 Å². The minimum absolute atomic E-state index is 0.276. The summed E-state index contributed by atoms with van der Waals surface area (Å²) in [6.45, 7) is 1.88. The van der Waals surface area contributed by atoms with Gasteiger partial charge in [0.15, 0.2) is 0 Å². The number of anilines is 1. The zero-order valence-electron chi connectivity index (χ0n) is 7.71. The summed E-state index contributed by atoms with van der Waals surface area (Å²) in [4.78, 5) is 2.23. The number of nitrogens with zero attached hydrogens (tertiary/aromatic N) is 1. The first-order valence-corrected chi connectivity index (χ1v) is 5.80. The Bertz CT molecular complexity index is 323. The van der Waals surface area contributed by atoms with Crippen LogP contribution in [-0.4, -0.2) is 19.1 Å². The van der Waals surface area contributed by atoms with Crippen LogP contribution in [0.15, 0.2) is 22.7 Å². The monoisotopic (exact) mass is 274 g/mol. The van der Waals surface area contributed by atoms with Crippen molar-refractivity contribution in [2.75, 3.05) is 18.0 Å². The third kappa shape index (κ3) is 1.90. The molecule has 4 heteroatoms. The number of hydrogen-bond donors (Lipinski definition) is 1. The van der Waals surface area contributed by atoms with Crippen LogP contribution < -0.4 is 10.6 Å². The summed E-state index contributed by atoms with van der Waals surface area (Å²) < 4.78 is 1.04. The quantitative estimate of drug-likeness (QED) is 0.854. The van der Waals surface area contributed by atoms with Crippen LogP contribution in [0.5, 0.6) is 0 Å². The minimum Gasteiger partial charge on any atom is -0.368 e. The van der Waals surface area contributed by atoms with Gasteiger partial charge in [-0.2, -0.15) is 0 Å². The fourth-order valence-corrected chi connectivity index (χ4v) is 2.81. The van der Waals surface area contributed by atoms with Crippen molar-refractivity contribution in [1.29, 1.82) is 0 Å². The summed E-state index contributed by atoms with van der Waals surface area (Å²) in [7, 11) is 0. The Hall–Kier alpha value is -0.250. The lowest BCUT2D eigenvalue weighted by Crippen LogP contribution is -2.26. The van der Waals surface area contributed by atoms with Crippen LogP contribution >= 0.6 is 27.5 Å². The first-order chi connectivity index (χ1) is 6.68. The van der Waals surface area contributed by atoms with Gasteiger partial charge in [0.25, 0.3) is 0 Å². The first-order valence-electron chi connectivity index (χ1n) is 4.63. The van der Waals surface area contributed by atoms with E-state index in [0.29, 0.717) is 0 Å². The molecular weight excluding hydrogens is 263 g/mol. The van der Waals surface area contributed by atoms with Crippen LogP contribution in [0.25, 0.3) is 0 Å². The lowest BCUT2D eigenvalue weighted by Gasteiger charge is -2.20. The molecule has 0 spiro atoms. The molecule has 2 N–H and O–H groups in total. The van der Waals surface area contributed by atoms with Crippen LogP contribution in [-0.2, 0) is 0 Å². The summed E-state index contributed by atoms with van der Waals surface area (Å²) >= 11 is 9.65. The molecule has 1 atom stereocenters. The number of rotatable bonds is 1. The second kappa shape index (κ2) is 4.09. The summed E-state index contributed by atoms with van der Waals surface area (Å²) in [5.74, 6) is 0. The number of hydrogen-bond acceptors (Lipinski definition) is 2. The normalized spacial score (nSPS) is 21.6. The molecule has 1 aliphatic rings. The third-order valence-electron chi connectivity index (χ3n) is 2.48. The Morgan fingerprint density at radius 3 is 2.86 bits per heavy atom. The Morgan fingerprint density at radius 1 is 1.50 bits per heavy atom. The molecular formula is C10H12BrClN2. The highest BCUT2D eigenvalue weighted by molar-refractivity contribution is 9.10. The Kier molecular flexibility index (Phi) is 3.00.